The number of H-pyrrole nitrogens is 1. The summed E-state index contributed by atoms with van der Waals surface area (Å²) in [5.41, 5.74) is 11.1. The van der Waals surface area contributed by atoms with Crippen LogP contribution in [0.25, 0.3) is 22.3 Å². The predicted molar refractivity (Wildman–Crippen MR) is 110 cm³/mol. The van der Waals surface area contributed by atoms with E-state index in [4.69, 9.17) is 5.73 Å². The van der Waals surface area contributed by atoms with E-state index in [1.54, 1.807) is 6.20 Å². The van der Waals surface area contributed by atoms with Crippen molar-refractivity contribution in [1.82, 2.24) is 20.3 Å². The van der Waals surface area contributed by atoms with Gasteiger partial charge in [-0.2, -0.15) is 0 Å². The van der Waals surface area contributed by atoms with Crippen LogP contribution in [0.3, 0.4) is 0 Å². The number of piperidine rings is 2. The van der Waals surface area contributed by atoms with Crippen LogP contribution in [0.4, 0.5) is 11.4 Å². The summed E-state index contributed by atoms with van der Waals surface area (Å²) in [6.07, 6.45) is 12.0. The van der Waals surface area contributed by atoms with E-state index in [1.807, 2.05) is 24.5 Å². The summed E-state index contributed by atoms with van der Waals surface area (Å²) in [5, 5.41) is 4.96. The second kappa shape index (κ2) is 6.53. The largest absolute Gasteiger partial charge is 0.397 e. The third-order valence-electron chi connectivity index (χ3n) is 6.15. The summed E-state index contributed by atoms with van der Waals surface area (Å²) >= 11 is 0. The van der Waals surface area contributed by atoms with E-state index in [9.17, 15) is 0 Å². The van der Waals surface area contributed by atoms with Crippen molar-refractivity contribution in [2.24, 2.45) is 0 Å². The molecule has 140 valence electrons. The number of rotatable bonds is 2. The summed E-state index contributed by atoms with van der Waals surface area (Å²) < 4.78 is 0. The van der Waals surface area contributed by atoms with Gasteiger partial charge in [0.05, 0.1) is 22.5 Å². The predicted octanol–water partition coefficient (Wildman–Crippen LogP) is 3.32. The molecule has 6 heteroatoms. The second-order valence-electron chi connectivity index (χ2n) is 7.89. The fraction of sp³-hybridized carbons (Fsp3) is 0.429. The molecule has 2 aliphatic rings. The Bertz CT molecular complexity index is 951. The van der Waals surface area contributed by atoms with E-state index in [0.717, 1.165) is 41.9 Å². The minimum atomic E-state index is 0.257. The van der Waals surface area contributed by atoms with Gasteiger partial charge < -0.3 is 20.9 Å². The molecule has 0 aromatic carbocycles. The van der Waals surface area contributed by atoms with Crippen LogP contribution < -0.4 is 16.0 Å². The Morgan fingerprint density at radius 2 is 2.00 bits per heavy atom. The minimum Gasteiger partial charge on any atom is -0.397 e. The summed E-state index contributed by atoms with van der Waals surface area (Å²) in [6.45, 7) is 3.26. The molecule has 4 N–H and O–H groups in total. The normalized spacial score (nSPS) is 23.2. The molecule has 2 aliphatic heterocycles. The van der Waals surface area contributed by atoms with Crippen molar-refractivity contribution in [2.45, 2.75) is 37.6 Å². The first-order chi connectivity index (χ1) is 13.3. The average Bonchev–Trinajstić information content (AvgIpc) is 3.13. The van der Waals surface area contributed by atoms with E-state index >= 15 is 0 Å². The Morgan fingerprint density at radius 1 is 1.07 bits per heavy atom. The number of hydrogen-bond acceptors (Lipinski definition) is 5. The van der Waals surface area contributed by atoms with Gasteiger partial charge in [-0.25, -0.2) is 4.98 Å². The molecule has 1 spiro atoms. The molecule has 0 aliphatic carbocycles. The maximum Gasteiger partial charge on any atom is 0.140 e. The summed E-state index contributed by atoms with van der Waals surface area (Å²) in [4.78, 5) is 14.9. The molecule has 3 aromatic heterocycles. The maximum atomic E-state index is 6.22. The first-order valence-corrected chi connectivity index (χ1v) is 9.93. The highest BCUT2D eigenvalue weighted by Gasteiger charge is 2.37. The summed E-state index contributed by atoms with van der Waals surface area (Å²) in [5.74, 6) is 0. The molecule has 1 atom stereocenters. The van der Waals surface area contributed by atoms with Gasteiger partial charge in [0.1, 0.15) is 5.65 Å². The molecule has 0 saturated carbocycles. The SMILES string of the molecule is Nc1cccnc1-c1c[nH]c2nccc(N3CCCC4(CCCCN4)C3)c12. The van der Waals surface area contributed by atoms with Crippen molar-refractivity contribution < 1.29 is 0 Å². The van der Waals surface area contributed by atoms with Gasteiger partial charge in [-0.15, -0.1) is 0 Å². The number of pyridine rings is 2. The Hall–Kier alpha value is -2.60. The number of nitrogens with two attached hydrogens (primary N) is 1. The van der Waals surface area contributed by atoms with Crippen molar-refractivity contribution in [1.29, 1.82) is 0 Å². The lowest BCUT2D eigenvalue weighted by Crippen LogP contribution is -2.59. The number of anilines is 2. The molecule has 2 saturated heterocycles. The van der Waals surface area contributed by atoms with Crippen molar-refractivity contribution in [3.8, 4) is 11.3 Å². The quantitative estimate of drug-likeness (QED) is 0.651. The van der Waals surface area contributed by atoms with Crippen LogP contribution in [-0.4, -0.2) is 40.1 Å². The zero-order valence-electron chi connectivity index (χ0n) is 15.5. The zero-order chi connectivity index (χ0) is 18.3. The standard InChI is InChI=1S/C21H26N6/c22-16-5-3-9-23-19(16)15-13-25-20-18(15)17(6-11-24-20)27-12-4-8-21(14-27)7-1-2-10-26-21/h3,5-6,9,11,13,26H,1-2,4,7-8,10,12,14,22H2,(H,24,25). The second-order valence-corrected chi connectivity index (χ2v) is 7.89. The van der Waals surface area contributed by atoms with E-state index < -0.39 is 0 Å². The lowest BCUT2D eigenvalue weighted by Gasteiger charge is -2.47. The molecule has 1 unspecified atom stereocenters. The van der Waals surface area contributed by atoms with E-state index in [2.05, 4.69) is 31.2 Å². The summed E-state index contributed by atoms with van der Waals surface area (Å²) in [6, 6.07) is 5.91. The molecule has 3 aromatic rings. The van der Waals surface area contributed by atoms with Crippen LogP contribution in [0, 0.1) is 0 Å². The molecule has 0 bridgehead atoms. The monoisotopic (exact) mass is 362 g/mol. The van der Waals surface area contributed by atoms with Crippen molar-refractivity contribution in [2.75, 3.05) is 30.3 Å². The first-order valence-electron chi connectivity index (χ1n) is 9.93. The van der Waals surface area contributed by atoms with Crippen LogP contribution in [-0.2, 0) is 0 Å². The number of hydrogen-bond donors (Lipinski definition) is 3. The highest BCUT2D eigenvalue weighted by molar-refractivity contribution is 6.03. The number of nitrogens with zero attached hydrogens (tertiary/aromatic N) is 3. The van der Waals surface area contributed by atoms with Crippen LogP contribution in [0.2, 0.25) is 0 Å². The van der Waals surface area contributed by atoms with Crippen molar-refractivity contribution in [3.63, 3.8) is 0 Å². The zero-order valence-corrected chi connectivity index (χ0v) is 15.5. The van der Waals surface area contributed by atoms with Gasteiger partial charge in [0, 0.05) is 42.8 Å². The molecule has 0 radical (unpaired) electrons. The molecule has 0 amide bonds. The fourth-order valence-corrected chi connectivity index (χ4v) is 4.85. The van der Waals surface area contributed by atoms with Gasteiger partial charge >= 0.3 is 0 Å². The van der Waals surface area contributed by atoms with E-state index in [0.29, 0.717) is 5.69 Å². The minimum absolute atomic E-state index is 0.257. The number of aromatic amines is 1. The van der Waals surface area contributed by atoms with Gasteiger partial charge in [-0.1, -0.05) is 6.42 Å². The molecule has 27 heavy (non-hydrogen) atoms. The smallest absolute Gasteiger partial charge is 0.140 e. The topological polar surface area (TPSA) is 82.9 Å². The lowest BCUT2D eigenvalue weighted by atomic mass is 9.81. The van der Waals surface area contributed by atoms with Gasteiger partial charge in [-0.05, 0) is 50.4 Å². The van der Waals surface area contributed by atoms with Crippen LogP contribution in [0.5, 0.6) is 0 Å². The van der Waals surface area contributed by atoms with Gasteiger partial charge in [0.2, 0.25) is 0 Å². The molecule has 6 nitrogen and oxygen atoms in total. The van der Waals surface area contributed by atoms with Gasteiger partial charge in [-0.3, -0.25) is 4.98 Å². The Labute approximate surface area is 159 Å². The number of nitrogens with one attached hydrogen (secondary N) is 2. The lowest BCUT2D eigenvalue weighted by molar-refractivity contribution is 0.216. The molecule has 2 fully saturated rings. The van der Waals surface area contributed by atoms with Crippen LogP contribution >= 0.6 is 0 Å². The number of fused-ring (bicyclic) bond motifs is 1. The number of aromatic nitrogens is 3. The van der Waals surface area contributed by atoms with E-state index in [-0.39, 0.29) is 5.54 Å². The molecular weight excluding hydrogens is 336 g/mol. The molecule has 5 rings (SSSR count). The Balaban J connectivity index is 1.59. The average molecular weight is 362 g/mol. The van der Waals surface area contributed by atoms with Crippen LogP contribution in [0.1, 0.15) is 32.1 Å². The third-order valence-corrected chi connectivity index (χ3v) is 6.15. The molecular formula is C21H26N6. The molecule has 5 heterocycles. The van der Waals surface area contributed by atoms with Gasteiger partial charge in [0.25, 0.3) is 0 Å². The summed E-state index contributed by atoms with van der Waals surface area (Å²) in [7, 11) is 0. The maximum absolute atomic E-state index is 6.22. The Kier molecular flexibility index (Phi) is 4.01. The highest BCUT2D eigenvalue weighted by Crippen LogP contribution is 2.39. The van der Waals surface area contributed by atoms with Crippen molar-refractivity contribution in [3.05, 3.63) is 36.8 Å². The third kappa shape index (κ3) is 2.84. The van der Waals surface area contributed by atoms with Crippen molar-refractivity contribution >= 4 is 22.4 Å². The van der Waals surface area contributed by atoms with E-state index in [1.165, 1.54) is 37.8 Å². The highest BCUT2D eigenvalue weighted by atomic mass is 15.2. The fourth-order valence-electron chi connectivity index (χ4n) is 4.85. The Morgan fingerprint density at radius 3 is 2.85 bits per heavy atom. The first kappa shape index (κ1) is 16.6. The number of nitrogen functional groups attached to an aromatic ring is 1. The van der Waals surface area contributed by atoms with Gasteiger partial charge in [0.15, 0.2) is 0 Å². The van der Waals surface area contributed by atoms with Crippen LogP contribution in [0.15, 0.2) is 36.8 Å².